The third-order valence-electron chi connectivity index (χ3n) is 2.46. The summed E-state index contributed by atoms with van der Waals surface area (Å²) in [4.78, 5) is 3.65. The molecular weight excluding hydrogens is 292 g/mol. The van der Waals surface area contributed by atoms with E-state index in [1.165, 1.54) is 11.6 Å². The number of halogens is 1. The van der Waals surface area contributed by atoms with E-state index in [9.17, 15) is 0 Å². The van der Waals surface area contributed by atoms with Crippen molar-refractivity contribution in [1.29, 1.82) is 0 Å². The molecule has 2 aromatic carbocycles. The number of rotatable bonds is 4. The highest BCUT2D eigenvalue weighted by atomic mass is 79.9. The van der Waals surface area contributed by atoms with Gasteiger partial charge in [0, 0.05) is 10.2 Å². The van der Waals surface area contributed by atoms with E-state index < -0.39 is 0 Å². The molecule has 0 fully saturated rings. The van der Waals surface area contributed by atoms with Gasteiger partial charge in [0.15, 0.2) is 0 Å². The molecule has 0 aliphatic rings. The fraction of sp³-hybridized carbons (Fsp3) is 0. The first kappa shape index (κ1) is 12.6. The lowest BCUT2D eigenvalue weighted by atomic mass is 10.1. The zero-order valence-electron chi connectivity index (χ0n) is 9.65. The van der Waals surface area contributed by atoms with E-state index in [2.05, 4.69) is 50.5 Å². The quantitative estimate of drug-likeness (QED) is 0.462. The van der Waals surface area contributed by atoms with Crippen LogP contribution in [0.2, 0.25) is 0 Å². The molecule has 18 heavy (non-hydrogen) atoms. The first-order valence-corrected chi connectivity index (χ1v) is 6.11. The molecule has 0 aromatic heterocycles. The molecule has 0 atom stereocenters. The Hall–Kier alpha value is -1.85. The van der Waals surface area contributed by atoms with Crippen LogP contribution in [0.3, 0.4) is 0 Å². The summed E-state index contributed by atoms with van der Waals surface area (Å²) in [5.41, 5.74) is 3.45. The summed E-state index contributed by atoms with van der Waals surface area (Å²) in [6, 6.07) is 12.2. The molecule has 2 aromatic rings. The summed E-state index contributed by atoms with van der Waals surface area (Å²) in [6.07, 6.45) is 1.52. The van der Waals surface area contributed by atoms with E-state index in [1.807, 2.05) is 24.3 Å². The van der Waals surface area contributed by atoms with Gasteiger partial charge in [-0.05, 0) is 41.8 Å². The molecule has 0 saturated heterocycles. The Kier molecular flexibility index (Phi) is 3.96. The lowest BCUT2D eigenvalue weighted by Gasteiger charge is -2.10. The second-order valence-electron chi connectivity index (χ2n) is 3.70. The largest absolute Gasteiger partial charge is 0.340 e. The van der Waals surface area contributed by atoms with Crippen LogP contribution in [0.1, 0.15) is 0 Å². The molecule has 0 heterocycles. The van der Waals surface area contributed by atoms with E-state index in [-0.39, 0.29) is 0 Å². The molecule has 2 rings (SSSR count). The van der Waals surface area contributed by atoms with Gasteiger partial charge in [0.25, 0.3) is 0 Å². The molecule has 0 amide bonds. The predicted molar refractivity (Wildman–Crippen MR) is 80.2 cm³/mol. The van der Waals surface area contributed by atoms with E-state index in [0.29, 0.717) is 5.82 Å². The van der Waals surface area contributed by atoms with Crippen LogP contribution in [0.5, 0.6) is 0 Å². The molecule has 0 aliphatic heterocycles. The van der Waals surface area contributed by atoms with E-state index in [0.717, 1.165) is 15.5 Å². The molecule has 5 heteroatoms. The number of hydrogen-bond donors (Lipinski definition) is 3. The Labute approximate surface area is 114 Å². The Balaban J connectivity index is 2.33. The van der Waals surface area contributed by atoms with Gasteiger partial charge in [-0.1, -0.05) is 28.1 Å². The highest BCUT2D eigenvalue weighted by Crippen LogP contribution is 2.23. The third-order valence-corrected chi connectivity index (χ3v) is 2.95. The summed E-state index contributed by atoms with van der Waals surface area (Å²) in [6.45, 7) is 3.38. The van der Waals surface area contributed by atoms with Gasteiger partial charge >= 0.3 is 0 Å². The van der Waals surface area contributed by atoms with E-state index in [1.54, 1.807) is 0 Å². The van der Waals surface area contributed by atoms with Crippen molar-refractivity contribution in [2.45, 2.75) is 0 Å². The number of aliphatic imine (C=N–C) groups is 1. The van der Waals surface area contributed by atoms with Crippen LogP contribution in [0, 0.1) is 0 Å². The Bertz CT molecular complexity index is 607. The zero-order valence-corrected chi connectivity index (χ0v) is 11.2. The van der Waals surface area contributed by atoms with Crippen molar-refractivity contribution in [3.8, 4) is 0 Å². The number of nitrogens with zero attached hydrogens (tertiary/aromatic N) is 1. The first-order valence-electron chi connectivity index (χ1n) is 5.32. The third kappa shape index (κ3) is 2.88. The minimum absolute atomic E-state index is 0.585. The molecule has 0 radical (unpaired) electrons. The van der Waals surface area contributed by atoms with Crippen molar-refractivity contribution in [1.82, 2.24) is 5.43 Å². The number of anilines is 1. The maximum absolute atomic E-state index is 5.36. The lowest BCUT2D eigenvalue weighted by molar-refractivity contribution is 0.887. The highest BCUT2D eigenvalue weighted by molar-refractivity contribution is 9.10. The van der Waals surface area contributed by atoms with Crippen LogP contribution in [0.4, 0.5) is 5.69 Å². The van der Waals surface area contributed by atoms with Crippen LogP contribution in [0.25, 0.3) is 10.8 Å². The molecular formula is C13H13BrN4. The summed E-state index contributed by atoms with van der Waals surface area (Å²) in [5.74, 6) is 5.95. The number of benzene rings is 2. The van der Waals surface area contributed by atoms with Crippen molar-refractivity contribution >= 4 is 39.1 Å². The van der Waals surface area contributed by atoms with Crippen LogP contribution >= 0.6 is 15.9 Å². The smallest absolute Gasteiger partial charge is 0.136 e. The average Bonchev–Trinajstić information content (AvgIpc) is 2.38. The lowest BCUT2D eigenvalue weighted by Crippen LogP contribution is -2.25. The minimum Gasteiger partial charge on any atom is -0.340 e. The van der Waals surface area contributed by atoms with Gasteiger partial charge in [0.05, 0.1) is 6.20 Å². The van der Waals surface area contributed by atoms with Crippen LogP contribution in [0.15, 0.2) is 57.9 Å². The second kappa shape index (κ2) is 5.66. The minimum atomic E-state index is 0.585. The van der Waals surface area contributed by atoms with Crippen LogP contribution in [-0.2, 0) is 0 Å². The Morgan fingerprint density at radius 2 is 1.94 bits per heavy atom. The van der Waals surface area contributed by atoms with Gasteiger partial charge in [0.1, 0.15) is 5.82 Å². The van der Waals surface area contributed by atoms with Crippen molar-refractivity contribution in [2.24, 2.45) is 10.8 Å². The van der Waals surface area contributed by atoms with Gasteiger partial charge in [-0.3, -0.25) is 4.99 Å². The Morgan fingerprint density at radius 1 is 1.22 bits per heavy atom. The molecule has 4 N–H and O–H groups in total. The molecule has 92 valence electrons. The SMILES string of the molecule is C=N/C=C(\NN)Nc1ccc2cc(Br)ccc2c1. The monoisotopic (exact) mass is 304 g/mol. The molecule has 0 aliphatic carbocycles. The summed E-state index contributed by atoms with van der Waals surface area (Å²) >= 11 is 3.45. The normalized spacial score (nSPS) is 11.3. The topological polar surface area (TPSA) is 62.4 Å². The fourth-order valence-corrected chi connectivity index (χ4v) is 2.03. The number of nitrogens with two attached hydrogens (primary N) is 1. The van der Waals surface area contributed by atoms with Gasteiger partial charge in [-0.25, -0.2) is 5.84 Å². The highest BCUT2D eigenvalue weighted by Gasteiger charge is 1.99. The number of nitrogens with one attached hydrogen (secondary N) is 2. The molecule has 0 saturated carbocycles. The molecule has 4 nitrogen and oxygen atoms in total. The Morgan fingerprint density at radius 3 is 2.67 bits per heavy atom. The summed E-state index contributed by atoms with van der Waals surface area (Å²) in [5, 5.41) is 5.43. The summed E-state index contributed by atoms with van der Waals surface area (Å²) < 4.78 is 1.07. The fourth-order valence-electron chi connectivity index (χ4n) is 1.65. The van der Waals surface area contributed by atoms with Crippen molar-refractivity contribution in [2.75, 3.05) is 5.32 Å². The number of fused-ring (bicyclic) bond motifs is 1. The van der Waals surface area contributed by atoms with Gasteiger partial charge in [-0.2, -0.15) is 0 Å². The van der Waals surface area contributed by atoms with Crippen molar-refractivity contribution in [3.63, 3.8) is 0 Å². The van der Waals surface area contributed by atoms with Crippen molar-refractivity contribution < 1.29 is 0 Å². The zero-order chi connectivity index (χ0) is 13.0. The van der Waals surface area contributed by atoms with Gasteiger partial charge < -0.3 is 10.7 Å². The van der Waals surface area contributed by atoms with E-state index in [4.69, 9.17) is 5.84 Å². The summed E-state index contributed by atoms with van der Waals surface area (Å²) in [7, 11) is 0. The van der Waals surface area contributed by atoms with Crippen LogP contribution < -0.4 is 16.6 Å². The molecule has 0 spiro atoms. The number of hydrazine groups is 1. The molecule has 0 bridgehead atoms. The first-order chi connectivity index (χ1) is 8.72. The number of hydrogen-bond acceptors (Lipinski definition) is 4. The van der Waals surface area contributed by atoms with Crippen LogP contribution in [-0.4, -0.2) is 6.72 Å². The molecule has 0 unspecified atom stereocenters. The predicted octanol–water partition coefficient (Wildman–Crippen LogP) is 2.98. The average molecular weight is 305 g/mol. The maximum atomic E-state index is 5.36. The van der Waals surface area contributed by atoms with Gasteiger partial charge in [0.2, 0.25) is 0 Å². The second-order valence-corrected chi connectivity index (χ2v) is 4.62. The maximum Gasteiger partial charge on any atom is 0.136 e. The van der Waals surface area contributed by atoms with E-state index >= 15 is 0 Å². The van der Waals surface area contributed by atoms with Gasteiger partial charge in [-0.15, -0.1) is 0 Å². The standard InChI is InChI=1S/C13H13BrN4/c1-16-8-13(18-15)17-12-5-3-9-6-11(14)4-2-10(9)7-12/h2-8,17-18H,1,15H2/b13-8-. The van der Waals surface area contributed by atoms with Crippen molar-refractivity contribution in [3.05, 3.63) is 52.9 Å².